The number of carbonyl (C=O) groups is 1. The molecular formula is C15H16F5NO. The van der Waals surface area contributed by atoms with Crippen molar-refractivity contribution in [2.24, 2.45) is 5.92 Å². The number of hydrogen-bond donors (Lipinski definition) is 0. The summed E-state index contributed by atoms with van der Waals surface area (Å²) in [5.41, 5.74) is 0.189. The number of likely N-dealkylation sites (tertiary alicyclic amines) is 1. The summed E-state index contributed by atoms with van der Waals surface area (Å²) >= 11 is 0. The fourth-order valence-corrected chi connectivity index (χ4v) is 2.60. The van der Waals surface area contributed by atoms with Crippen molar-refractivity contribution in [3.63, 3.8) is 0 Å². The van der Waals surface area contributed by atoms with E-state index in [9.17, 15) is 26.7 Å². The third-order valence-electron chi connectivity index (χ3n) is 3.80. The van der Waals surface area contributed by atoms with Gasteiger partial charge in [-0.15, -0.1) is 0 Å². The molecule has 0 radical (unpaired) electrons. The Balaban J connectivity index is 2.01. The molecule has 1 unspecified atom stereocenters. The zero-order chi connectivity index (χ0) is 16.3. The van der Waals surface area contributed by atoms with Gasteiger partial charge in [0.2, 0.25) is 5.91 Å². The number of carbonyl (C=O) groups excluding carboxylic acids is 1. The van der Waals surface area contributed by atoms with Gasteiger partial charge in [-0.3, -0.25) is 4.79 Å². The molecule has 0 bridgehead atoms. The van der Waals surface area contributed by atoms with Crippen molar-refractivity contribution in [2.75, 3.05) is 13.1 Å². The smallest absolute Gasteiger partial charge is 0.342 e. The normalized spacial score (nSPS) is 19.5. The number of benzene rings is 1. The molecule has 1 fully saturated rings. The maximum atomic E-state index is 12.7. The van der Waals surface area contributed by atoms with Crippen LogP contribution in [0, 0.1) is 5.92 Å². The lowest BCUT2D eigenvalue weighted by Gasteiger charge is -2.33. The molecule has 0 aliphatic carbocycles. The molecule has 1 saturated heterocycles. The van der Waals surface area contributed by atoms with Gasteiger partial charge in [-0.25, -0.2) is 8.78 Å². The summed E-state index contributed by atoms with van der Waals surface area (Å²) in [5.74, 6) is -1.96. The molecular weight excluding hydrogens is 305 g/mol. The van der Waals surface area contributed by atoms with Gasteiger partial charge in [0.05, 0.1) is 12.3 Å². The van der Waals surface area contributed by atoms with Crippen LogP contribution in [0.25, 0.3) is 0 Å². The molecule has 122 valence electrons. The zero-order valence-electron chi connectivity index (χ0n) is 11.7. The second kappa shape index (κ2) is 6.62. The van der Waals surface area contributed by atoms with Crippen LogP contribution >= 0.6 is 0 Å². The Kier molecular flexibility index (Phi) is 5.03. The van der Waals surface area contributed by atoms with Crippen molar-refractivity contribution < 1.29 is 26.7 Å². The van der Waals surface area contributed by atoms with Crippen LogP contribution in [0.1, 0.15) is 30.4 Å². The number of rotatable bonds is 3. The highest BCUT2D eigenvalue weighted by atomic mass is 19.4. The lowest BCUT2D eigenvalue weighted by atomic mass is 9.97. The second-order valence-electron chi connectivity index (χ2n) is 5.44. The molecule has 22 heavy (non-hydrogen) atoms. The molecule has 1 atom stereocenters. The lowest BCUT2D eigenvalue weighted by molar-refractivity contribution is -0.187. The minimum atomic E-state index is -4.31. The van der Waals surface area contributed by atoms with E-state index >= 15 is 0 Å². The Morgan fingerprint density at radius 3 is 2.68 bits per heavy atom. The molecule has 1 amide bonds. The van der Waals surface area contributed by atoms with Gasteiger partial charge in [0.1, 0.15) is 0 Å². The molecule has 0 N–H and O–H groups in total. The minimum Gasteiger partial charge on any atom is -0.342 e. The van der Waals surface area contributed by atoms with E-state index in [1.165, 1.54) is 29.2 Å². The summed E-state index contributed by atoms with van der Waals surface area (Å²) in [4.78, 5) is 13.3. The molecule has 0 saturated carbocycles. The Morgan fingerprint density at radius 2 is 2.05 bits per heavy atom. The van der Waals surface area contributed by atoms with Gasteiger partial charge in [0, 0.05) is 18.7 Å². The van der Waals surface area contributed by atoms with Crippen LogP contribution in [-0.4, -0.2) is 30.1 Å². The van der Waals surface area contributed by atoms with Crippen molar-refractivity contribution >= 4 is 5.91 Å². The first-order chi connectivity index (χ1) is 10.3. The largest absolute Gasteiger partial charge is 0.393 e. The molecule has 7 heteroatoms. The van der Waals surface area contributed by atoms with E-state index in [1.807, 2.05) is 0 Å². The Hall–Kier alpha value is -1.66. The van der Waals surface area contributed by atoms with E-state index in [4.69, 9.17) is 0 Å². The molecule has 1 aromatic rings. The molecule has 1 aromatic carbocycles. The second-order valence-corrected chi connectivity index (χ2v) is 5.44. The van der Waals surface area contributed by atoms with Gasteiger partial charge in [0.25, 0.3) is 6.43 Å². The molecule has 1 aliphatic heterocycles. The molecule has 2 nitrogen and oxygen atoms in total. The van der Waals surface area contributed by atoms with Crippen molar-refractivity contribution in [1.29, 1.82) is 0 Å². The summed E-state index contributed by atoms with van der Waals surface area (Å²) in [6.07, 6.45) is -6.79. The zero-order valence-corrected chi connectivity index (χ0v) is 11.7. The number of nitrogens with zero attached hydrogens (tertiary/aromatic N) is 1. The van der Waals surface area contributed by atoms with Crippen LogP contribution in [0.15, 0.2) is 24.3 Å². The third-order valence-corrected chi connectivity index (χ3v) is 3.80. The Labute approximate surface area is 124 Å². The minimum absolute atomic E-state index is 0.0220. The van der Waals surface area contributed by atoms with Gasteiger partial charge in [0.15, 0.2) is 0 Å². The fraction of sp³-hybridized carbons (Fsp3) is 0.533. The van der Waals surface area contributed by atoms with Gasteiger partial charge >= 0.3 is 6.18 Å². The van der Waals surface area contributed by atoms with Crippen LogP contribution < -0.4 is 0 Å². The monoisotopic (exact) mass is 321 g/mol. The van der Waals surface area contributed by atoms with Crippen LogP contribution in [0.3, 0.4) is 0 Å². The maximum absolute atomic E-state index is 12.7. The number of halogens is 5. The average molecular weight is 321 g/mol. The summed E-state index contributed by atoms with van der Waals surface area (Å²) in [5, 5.41) is 0. The van der Waals surface area contributed by atoms with E-state index in [-0.39, 0.29) is 31.5 Å². The highest BCUT2D eigenvalue weighted by Gasteiger charge is 2.42. The number of alkyl halides is 5. The van der Waals surface area contributed by atoms with E-state index in [0.717, 1.165) is 0 Å². The van der Waals surface area contributed by atoms with E-state index in [1.54, 1.807) is 0 Å². The SMILES string of the molecule is O=C(Cc1cccc(C(F)F)c1)N1CCCC(C(F)(F)F)C1. The quantitative estimate of drug-likeness (QED) is 0.772. The summed E-state index contributed by atoms with van der Waals surface area (Å²) in [7, 11) is 0. The number of piperidine rings is 1. The predicted molar refractivity (Wildman–Crippen MR) is 70.5 cm³/mol. The summed E-state index contributed by atoms with van der Waals surface area (Å²) in [6.45, 7) is -0.0726. The predicted octanol–water partition coefficient (Wildman–Crippen LogP) is 3.97. The maximum Gasteiger partial charge on any atom is 0.393 e. The number of amides is 1. The first kappa shape index (κ1) is 16.7. The van der Waals surface area contributed by atoms with Gasteiger partial charge in [-0.2, -0.15) is 13.2 Å². The Bertz CT molecular complexity index is 529. The van der Waals surface area contributed by atoms with Gasteiger partial charge < -0.3 is 4.90 Å². The topological polar surface area (TPSA) is 20.3 Å². The molecule has 1 heterocycles. The first-order valence-electron chi connectivity index (χ1n) is 6.99. The average Bonchev–Trinajstić information content (AvgIpc) is 2.46. The van der Waals surface area contributed by atoms with Crippen LogP contribution in [-0.2, 0) is 11.2 Å². The third kappa shape index (κ3) is 4.18. The van der Waals surface area contributed by atoms with Gasteiger partial charge in [-0.05, 0) is 24.5 Å². The van der Waals surface area contributed by atoms with Crippen LogP contribution in [0.4, 0.5) is 22.0 Å². The van der Waals surface area contributed by atoms with E-state index in [2.05, 4.69) is 0 Å². The van der Waals surface area contributed by atoms with E-state index < -0.39 is 24.4 Å². The van der Waals surface area contributed by atoms with Crippen molar-refractivity contribution in [3.8, 4) is 0 Å². The summed E-state index contributed by atoms with van der Waals surface area (Å²) in [6, 6.07) is 5.40. The van der Waals surface area contributed by atoms with Crippen molar-refractivity contribution in [2.45, 2.75) is 31.9 Å². The highest BCUT2D eigenvalue weighted by Crippen LogP contribution is 2.33. The molecule has 0 aromatic heterocycles. The number of hydrogen-bond acceptors (Lipinski definition) is 1. The van der Waals surface area contributed by atoms with Crippen molar-refractivity contribution in [1.82, 2.24) is 4.90 Å². The molecule has 1 aliphatic rings. The van der Waals surface area contributed by atoms with E-state index in [0.29, 0.717) is 12.0 Å². The lowest BCUT2D eigenvalue weighted by Crippen LogP contribution is -2.45. The Morgan fingerprint density at radius 1 is 1.32 bits per heavy atom. The standard InChI is InChI=1S/C15H16F5NO/c16-14(17)11-4-1-3-10(7-11)8-13(22)21-6-2-5-12(9-21)15(18,19)20/h1,3-4,7,12,14H,2,5-6,8-9H2. The molecule has 2 rings (SSSR count). The molecule has 0 spiro atoms. The van der Waals surface area contributed by atoms with Crippen molar-refractivity contribution in [3.05, 3.63) is 35.4 Å². The summed E-state index contributed by atoms with van der Waals surface area (Å²) < 4.78 is 63.4. The highest BCUT2D eigenvalue weighted by molar-refractivity contribution is 5.79. The fourth-order valence-electron chi connectivity index (χ4n) is 2.60. The van der Waals surface area contributed by atoms with Gasteiger partial charge in [-0.1, -0.05) is 18.2 Å². The first-order valence-corrected chi connectivity index (χ1v) is 6.99. The van der Waals surface area contributed by atoms with Crippen LogP contribution in [0.5, 0.6) is 0 Å². The van der Waals surface area contributed by atoms with Crippen LogP contribution in [0.2, 0.25) is 0 Å².